The number of halogens is 3. The van der Waals surface area contributed by atoms with E-state index in [-0.39, 0.29) is 29.1 Å². The SMILES string of the molecule is COC(=O)c1cccc(Cn2cnc(OCc3ccc(F)cc3F)c(Br)c2=O)c1. The van der Waals surface area contributed by atoms with Crippen LogP contribution in [0.2, 0.25) is 0 Å². The molecule has 0 radical (unpaired) electrons. The van der Waals surface area contributed by atoms with Crippen molar-refractivity contribution >= 4 is 21.9 Å². The minimum atomic E-state index is -0.750. The number of nitrogens with zero attached hydrogens (tertiary/aromatic N) is 2. The number of benzene rings is 2. The van der Waals surface area contributed by atoms with E-state index in [9.17, 15) is 18.4 Å². The summed E-state index contributed by atoms with van der Waals surface area (Å²) in [4.78, 5) is 28.3. The van der Waals surface area contributed by atoms with E-state index in [0.717, 1.165) is 12.1 Å². The largest absolute Gasteiger partial charge is 0.472 e. The molecule has 1 heterocycles. The quantitative estimate of drug-likeness (QED) is 0.520. The first-order valence-electron chi connectivity index (χ1n) is 8.38. The molecule has 6 nitrogen and oxygen atoms in total. The molecule has 0 N–H and O–H groups in total. The van der Waals surface area contributed by atoms with Crippen LogP contribution in [0.3, 0.4) is 0 Å². The van der Waals surface area contributed by atoms with Gasteiger partial charge in [-0.05, 0) is 45.8 Å². The Bertz CT molecular complexity index is 1120. The average Bonchev–Trinajstić information content (AvgIpc) is 2.71. The Morgan fingerprint density at radius 3 is 2.72 bits per heavy atom. The summed E-state index contributed by atoms with van der Waals surface area (Å²) < 4.78 is 38.1. The van der Waals surface area contributed by atoms with Crippen LogP contribution < -0.4 is 10.3 Å². The van der Waals surface area contributed by atoms with Crippen LogP contribution in [0.1, 0.15) is 21.5 Å². The zero-order valence-electron chi connectivity index (χ0n) is 15.2. The van der Waals surface area contributed by atoms with Crippen molar-refractivity contribution in [1.29, 1.82) is 0 Å². The van der Waals surface area contributed by atoms with Crippen LogP contribution in [-0.4, -0.2) is 22.6 Å². The van der Waals surface area contributed by atoms with Crippen LogP contribution in [0.5, 0.6) is 5.88 Å². The molecular formula is C20H15BrF2N2O4. The van der Waals surface area contributed by atoms with E-state index in [0.29, 0.717) is 11.1 Å². The van der Waals surface area contributed by atoms with Gasteiger partial charge >= 0.3 is 5.97 Å². The lowest BCUT2D eigenvalue weighted by atomic mass is 10.1. The lowest BCUT2D eigenvalue weighted by molar-refractivity contribution is 0.0600. The van der Waals surface area contributed by atoms with Crippen molar-refractivity contribution in [2.45, 2.75) is 13.2 Å². The molecule has 3 aromatic rings. The van der Waals surface area contributed by atoms with Crippen molar-refractivity contribution in [1.82, 2.24) is 9.55 Å². The number of carbonyl (C=O) groups excluding carboxylic acids is 1. The second-order valence-electron chi connectivity index (χ2n) is 6.01. The van der Waals surface area contributed by atoms with E-state index in [1.807, 2.05) is 0 Å². The van der Waals surface area contributed by atoms with Crippen molar-refractivity contribution in [2.24, 2.45) is 0 Å². The first-order valence-corrected chi connectivity index (χ1v) is 9.17. The van der Waals surface area contributed by atoms with E-state index in [1.165, 1.54) is 24.1 Å². The van der Waals surface area contributed by atoms with Crippen LogP contribution in [0.25, 0.3) is 0 Å². The maximum Gasteiger partial charge on any atom is 0.337 e. The van der Waals surface area contributed by atoms with Gasteiger partial charge in [0, 0.05) is 11.6 Å². The standard InChI is InChI=1S/C20H15BrF2N2O4/c1-28-20(27)13-4-2-3-12(7-13)9-25-11-24-18(17(21)19(25)26)29-10-14-5-6-15(22)8-16(14)23/h2-8,11H,9-10H2,1H3. The van der Waals surface area contributed by atoms with Gasteiger partial charge in [-0.25, -0.2) is 18.6 Å². The lowest BCUT2D eigenvalue weighted by Gasteiger charge is -2.11. The highest BCUT2D eigenvalue weighted by Crippen LogP contribution is 2.20. The highest BCUT2D eigenvalue weighted by Gasteiger charge is 2.13. The first-order chi connectivity index (χ1) is 13.9. The molecule has 2 aromatic carbocycles. The zero-order valence-corrected chi connectivity index (χ0v) is 16.8. The van der Waals surface area contributed by atoms with Crippen molar-refractivity contribution < 1.29 is 23.0 Å². The number of rotatable bonds is 6. The number of esters is 1. The number of aromatic nitrogens is 2. The number of hydrogen-bond donors (Lipinski definition) is 0. The molecule has 3 rings (SSSR count). The Balaban J connectivity index is 1.77. The fraction of sp³-hybridized carbons (Fsp3) is 0.150. The Morgan fingerprint density at radius 2 is 2.00 bits per heavy atom. The highest BCUT2D eigenvalue weighted by atomic mass is 79.9. The Hall–Kier alpha value is -3.07. The van der Waals surface area contributed by atoms with E-state index in [1.54, 1.807) is 24.3 Å². The van der Waals surface area contributed by atoms with Gasteiger partial charge in [0.1, 0.15) is 29.0 Å². The maximum absolute atomic E-state index is 13.7. The van der Waals surface area contributed by atoms with Crippen molar-refractivity contribution in [3.63, 3.8) is 0 Å². The molecule has 0 unspecified atom stereocenters. The minimum Gasteiger partial charge on any atom is -0.472 e. The molecule has 0 saturated heterocycles. The van der Waals surface area contributed by atoms with Gasteiger partial charge in [0.05, 0.1) is 19.2 Å². The smallest absolute Gasteiger partial charge is 0.337 e. The molecule has 0 aliphatic carbocycles. The van der Waals surface area contributed by atoms with E-state index < -0.39 is 23.2 Å². The van der Waals surface area contributed by atoms with Gasteiger partial charge in [-0.1, -0.05) is 12.1 Å². The molecule has 0 fully saturated rings. The van der Waals surface area contributed by atoms with E-state index in [4.69, 9.17) is 4.74 Å². The van der Waals surface area contributed by atoms with Gasteiger partial charge in [0.15, 0.2) is 0 Å². The number of hydrogen-bond acceptors (Lipinski definition) is 5. The van der Waals surface area contributed by atoms with Crippen molar-refractivity contribution in [2.75, 3.05) is 7.11 Å². The zero-order chi connectivity index (χ0) is 21.0. The van der Waals surface area contributed by atoms with Gasteiger partial charge in [-0.2, -0.15) is 0 Å². The molecule has 0 aliphatic rings. The van der Waals surface area contributed by atoms with Gasteiger partial charge in [0.2, 0.25) is 5.88 Å². The third-order valence-electron chi connectivity index (χ3n) is 4.03. The summed E-state index contributed by atoms with van der Waals surface area (Å²) in [6, 6.07) is 9.80. The van der Waals surface area contributed by atoms with Gasteiger partial charge in [0.25, 0.3) is 5.56 Å². The first kappa shape index (κ1) is 20.7. The van der Waals surface area contributed by atoms with Crippen LogP contribution in [0.4, 0.5) is 8.78 Å². The van der Waals surface area contributed by atoms with E-state index >= 15 is 0 Å². The lowest BCUT2D eigenvalue weighted by Crippen LogP contribution is -2.22. The normalized spacial score (nSPS) is 10.6. The molecule has 9 heteroatoms. The summed E-state index contributed by atoms with van der Waals surface area (Å²) >= 11 is 3.15. The predicted octanol–water partition coefficient (Wildman–Crippen LogP) is 3.70. The Kier molecular flexibility index (Phi) is 6.38. The number of methoxy groups -OCH3 is 1. The fourth-order valence-electron chi connectivity index (χ4n) is 2.56. The van der Waals surface area contributed by atoms with Gasteiger partial charge in [-0.15, -0.1) is 0 Å². The van der Waals surface area contributed by atoms with Gasteiger partial charge in [-0.3, -0.25) is 9.36 Å². The molecule has 29 heavy (non-hydrogen) atoms. The third-order valence-corrected chi connectivity index (χ3v) is 4.71. The molecular weight excluding hydrogens is 450 g/mol. The summed E-state index contributed by atoms with van der Waals surface area (Å²) in [5.41, 5.74) is 0.777. The Labute approximate surface area is 172 Å². The molecule has 0 atom stereocenters. The maximum atomic E-state index is 13.7. The predicted molar refractivity (Wildman–Crippen MR) is 104 cm³/mol. The van der Waals surface area contributed by atoms with Crippen molar-refractivity contribution in [3.8, 4) is 5.88 Å². The van der Waals surface area contributed by atoms with Crippen LogP contribution in [0.15, 0.2) is 58.1 Å². The van der Waals surface area contributed by atoms with Crippen LogP contribution in [-0.2, 0) is 17.9 Å². The summed E-state index contributed by atoms with van der Waals surface area (Å²) in [6.45, 7) is -0.0511. The molecule has 150 valence electrons. The van der Waals surface area contributed by atoms with Gasteiger partial charge < -0.3 is 9.47 Å². The fourth-order valence-corrected chi connectivity index (χ4v) is 3.00. The second kappa shape index (κ2) is 8.95. The number of ether oxygens (including phenoxy) is 2. The molecule has 0 saturated carbocycles. The molecule has 0 amide bonds. The number of carbonyl (C=O) groups is 1. The summed E-state index contributed by atoms with van der Waals surface area (Å²) in [5.74, 6) is -1.93. The Morgan fingerprint density at radius 1 is 1.21 bits per heavy atom. The van der Waals surface area contributed by atoms with Crippen molar-refractivity contribution in [3.05, 3.63) is 91.9 Å². The monoisotopic (exact) mass is 464 g/mol. The molecule has 0 bridgehead atoms. The highest BCUT2D eigenvalue weighted by molar-refractivity contribution is 9.10. The summed E-state index contributed by atoms with van der Waals surface area (Å²) in [7, 11) is 1.29. The van der Waals surface area contributed by atoms with Crippen LogP contribution in [0, 0.1) is 11.6 Å². The van der Waals surface area contributed by atoms with E-state index in [2.05, 4.69) is 25.7 Å². The average molecular weight is 465 g/mol. The summed E-state index contributed by atoms with van der Waals surface area (Å²) in [6.07, 6.45) is 1.29. The second-order valence-corrected chi connectivity index (χ2v) is 6.81. The molecule has 1 aromatic heterocycles. The molecule has 0 aliphatic heterocycles. The minimum absolute atomic E-state index is 0.0155. The summed E-state index contributed by atoms with van der Waals surface area (Å²) in [5, 5.41) is 0. The molecule has 0 spiro atoms. The topological polar surface area (TPSA) is 70.4 Å². The van der Waals surface area contributed by atoms with Crippen LogP contribution >= 0.6 is 15.9 Å². The third kappa shape index (κ3) is 4.86.